The molecule has 0 bridgehead atoms. The molecule has 0 unspecified atom stereocenters. The second kappa shape index (κ2) is 13.0. The molecule has 5 aromatic rings. The molecule has 0 aliphatic carbocycles. The van der Waals surface area contributed by atoms with E-state index in [1.165, 1.54) is 11.0 Å². The van der Waals surface area contributed by atoms with Crippen molar-refractivity contribution in [2.24, 2.45) is 0 Å². The zero-order valence-corrected chi connectivity index (χ0v) is 21.8. The van der Waals surface area contributed by atoms with E-state index in [1.54, 1.807) is 91.0 Å². The van der Waals surface area contributed by atoms with E-state index < -0.39 is 36.7 Å². The van der Waals surface area contributed by atoms with Crippen LogP contribution in [0.1, 0.15) is 42.9 Å². The Bertz CT molecular complexity index is 1590. The zero-order chi connectivity index (χ0) is 28.4. The Morgan fingerprint density at radius 1 is 0.610 bits per heavy atom. The average molecular weight is 548 g/mol. The van der Waals surface area contributed by atoms with Crippen molar-refractivity contribution in [3.8, 4) is 5.69 Å². The summed E-state index contributed by atoms with van der Waals surface area (Å²) in [7, 11) is 0. The fourth-order valence-corrected chi connectivity index (χ4v) is 3.95. The third kappa shape index (κ3) is 6.90. The lowest BCUT2D eigenvalue weighted by Crippen LogP contribution is -2.34. The number of rotatable bonds is 10. The highest BCUT2D eigenvalue weighted by atomic mass is 16.6. The zero-order valence-electron chi connectivity index (χ0n) is 21.8. The van der Waals surface area contributed by atoms with Crippen molar-refractivity contribution >= 4 is 17.9 Å². The highest BCUT2D eigenvalue weighted by molar-refractivity contribution is 5.91. The first-order chi connectivity index (χ1) is 20.1. The van der Waals surface area contributed by atoms with Crippen LogP contribution < -0.4 is 0 Å². The molecule has 0 spiro atoms. The molecule has 1 heterocycles. The van der Waals surface area contributed by atoms with Crippen molar-refractivity contribution in [2.75, 3.05) is 6.61 Å². The van der Waals surface area contributed by atoms with E-state index in [1.807, 2.05) is 30.3 Å². The fourth-order valence-electron chi connectivity index (χ4n) is 3.95. The first kappa shape index (κ1) is 27.0. The molecule has 0 aliphatic heterocycles. The number of hydrogen-bond acceptors (Lipinski definition) is 8. The van der Waals surface area contributed by atoms with Crippen LogP contribution in [0.5, 0.6) is 0 Å². The molecule has 0 saturated heterocycles. The van der Waals surface area contributed by atoms with Gasteiger partial charge >= 0.3 is 17.9 Å². The minimum atomic E-state index is -1.27. The van der Waals surface area contributed by atoms with E-state index in [0.717, 1.165) is 0 Å². The van der Waals surface area contributed by atoms with E-state index in [0.29, 0.717) is 11.3 Å². The SMILES string of the molecule is O=C(OC[C@@H](OC(=O)c1ccccc1)[C@@H](OC(=O)c1ccccc1)c1cnn(-c2ccccc2)n1)c1ccccc1. The van der Waals surface area contributed by atoms with Crippen LogP contribution in [-0.2, 0) is 14.2 Å². The van der Waals surface area contributed by atoms with Crippen molar-refractivity contribution in [1.82, 2.24) is 15.0 Å². The summed E-state index contributed by atoms with van der Waals surface area (Å²) in [5, 5.41) is 8.83. The van der Waals surface area contributed by atoms with Gasteiger partial charge in [0.15, 0.2) is 12.2 Å². The summed E-state index contributed by atoms with van der Waals surface area (Å²) in [4.78, 5) is 40.5. The molecule has 4 aromatic carbocycles. The molecular weight excluding hydrogens is 522 g/mol. The van der Waals surface area contributed by atoms with E-state index in [2.05, 4.69) is 10.2 Å². The normalized spacial score (nSPS) is 12.1. The minimum Gasteiger partial charge on any atom is -0.458 e. The van der Waals surface area contributed by atoms with Gasteiger partial charge in [-0.2, -0.15) is 9.90 Å². The first-order valence-electron chi connectivity index (χ1n) is 12.8. The fraction of sp³-hybridized carbons (Fsp3) is 0.0938. The maximum absolute atomic E-state index is 13.2. The van der Waals surface area contributed by atoms with Gasteiger partial charge in [-0.15, -0.1) is 5.10 Å². The summed E-state index contributed by atoms with van der Waals surface area (Å²) in [6.07, 6.45) is -1.11. The number of carbonyl (C=O) groups excluding carboxylic acids is 3. The van der Waals surface area contributed by atoms with E-state index in [-0.39, 0.29) is 16.8 Å². The number of benzene rings is 4. The molecule has 0 saturated carbocycles. The Kier molecular flexibility index (Phi) is 8.56. The highest BCUT2D eigenvalue weighted by Crippen LogP contribution is 2.26. The Hall–Kier alpha value is -5.57. The van der Waals surface area contributed by atoms with Crippen LogP contribution >= 0.6 is 0 Å². The molecule has 0 N–H and O–H groups in total. The van der Waals surface area contributed by atoms with Gasteiger partial charge in [-0.25, -0.2) is 14.4 Å². The Balaban J connectivity index is 1.49. The first-order valence-corrected chi connectivity index (χ1v) is 12.8. The maximum Gasteiger partial charge on any atom is 0.338 e. The highest BCUT2D eigenvalue weighted by Gasteiger charge is 2.35. The second-order valence-electron chi connectivity index (χ2n) is 8.86. The number of para-hydroxylation sites is 1. The summed E-state index contributed by atoms with van der Waals surface area (Å²) in [5.41, 5.74) is 1.73. The molecule has 9 nitrogen and oxygen atoms in total. The summed E-state index contributed by atoms with van der Waals surface area (Å²) in [6, 6.07) is 34.2. The van der Waals surface area contributed by atoms with Gasteiger partial charge in [0.25, 0.3) is 0 Å². The maximum atomic E-state index is 13.2. The number of nitrogens with zero attached hydrogens (tertiary/aromatic N) is 3. The number of esters is 3. The van der Waals surface area contributed by atoms with Gasteiger partial charge in [0.05, 0.1) is 28.6 Å². The summed E-state index contributed by atoms with van der Waals surface area (Å²) in [6.45, 7) is -0.419. The van der Waals surface area contributed by atoms with Gasteiger partial charge in [0.2, 0.25) is 0 Å². The summed E-state index contributed by atoms with van der Waals surface area (Å²) >= 11 is 0. The van der Waals surface area contributed by atoms with Crippen LogP contribution in [0.2, 0.25) is 0 Å². The number of carbonyl (C=O) groups is 3. The monoisotopic (exact) mass is 547 g/mol. The Labute approximate surface area is 235 Å². The molecule has 9 heteroatoms. The van der Waals surface area contributed by atoms with Gasteiger partial charge in [-0.1, -0.05) is 72.8 Å². The minimum absolute atomic E-state index is 0.194. The van der Waals surface area contributed by atoms with Gasteiger partial charge < -0.3 is 14.2 Å². The van der Waals surface area contributed by atoms with Crippen LogP contribution in [0, 0.1) is 0 Å². The van der Waals surface area contributed by atoms with Crippen LogP contribution in [0.4, 0.5) is 0 Å². The van der Waals surface area contributed by atoms with Crippen LogP contribution in [0.3, 0.4) is 0 Å². The largest absolute Gasteiger partial charge is 0.458 e. The van der Waals surface area contributed by atoms with Crippen LogP contribution in [0.25, 0.3) is 5.69 Å². The molecule has 0 fully saturated rings. The van der Waals surface area contributed by atoms with Crippen LogP contribution in [0.15, 0.2) is 128 Å². The van der Waals surface area contributed by atoms with Crippen molar-refractivity contribution in [3.05, 3.63) is 150 Å². The van der Waals surface area contributed by atoms with Crippen molar-refractivity contribution in [1.29, 1.82) is 0 Å². The van der Waals surface area contributed by atoms with Gasteiger partial charge in [-0.05, 0) is 48.5 Å². The standard InChI is InChI=1S/C32H25N3O6/c36-30(23-13-5-1-6-14-23)39-22-28(40-31(37)24-15-7-2-8-16-24)29(41-32(38)25-17-9-3-10-18-25)27-21-33-35(34-27)26-19-11-4-12-20-26/h1-21,28-29H,22H2/t28-,29+/m1/s1. The Morgan fingerprint density at radius 3 is 1.61 bits per heavy atom. The molecule has 0 amide bonds. The molecule has 0 aliphatic rings. The van der Waals surface area contributed by atoms with Gasteiger partial charge in [-0.3, -0.25) is 0 Å². The van der Waals surface area contributed by atoms with E-state index in [9.17, 15) is 14.4 Å². The predicted molar refractivity (Wildman–Crippen MR) is 148 cm³/mol. The quantitative estimate of drug-likeness (QED) is 0.172. The lowest BCUT2D eigenvalue weighted by Gasteiger charge is -2.25. The number of aromatic nitrogens is 3. The topological polar surface area (TPSA) is 110 Å². The smallest absolute Gasteiger partial charge is 0.338 e. The van der Waals surface area contributed by atoms with Gasteiger partial charge in [0.1, 0.15) is 12.3 Å². The molecule has 204 valence electrons. The summed E-state index contributed by atoms with van der Waals surface area (Å²) < 4.78 is 17.3. The number of ether oxygens (including phenoxy) is 3. The Morgan fingerprint density at radius 2 is 1.07 bits per heavy atom. The van der Waals surface area contributed by atoms with Crippen molar-refractivity contribution in [3.63, 3.8) is 0 Å². The average Bonchev–Trinajstić information content (AvgIpc) is 3.53. The molecule has 1 aromatic heterocycles. The van der Waals surface area contributed by atoms with E-state index in [4.69, 9.17) is 14.2 Å². The molecule has 5 rings (SSSR count). The predicted octanol–water partition coefficient (Wildman–Crippen LogP) is 5.25. The lowest BCUT2D eigenvalue weighted by atomic mass is 10.1. The molecule has 0 radical (unpaired) electrons. The second-order valence-corrected chi connectivity index (χ2v) is 8.86. The number of hydrogen-bond donors (Lipinski definition) is 0. The molecule has 2 atom stereocenters. The third-order valence-electron chi connectivity index (χ3n) is 6.03. The van der Waals surface area contributed by atoms with E-state index >= 15 is 0 Å². The lowest BCUT2D eigenvalue weighted by molar-refractivity contribution is -0.0605. The summed E-state index contributed by atoms with van der Waals surface area (Å²) in [5.74, 6) is -2.00. The molecular formula is C32H25N3O6. The van der Waals surface area contributed by atoms with Crippen molar-refractivity contribution in [2.45, 2.75) is 12.2 Å². The third-order valence-corrected chi connectivity index (χ3v) is 6.03. The molecule has 41 heavy (non-hydrogen) atoms. The van der Waals surface area contributed by atoms with Crippen molar-refractivity contribution < 1.29 is 28.6 Å². The van der Waals surface area contributed by atoms with Crippen LogP contribution in [-0.4, -0.2) is 45.6 Å². The van der Waals surface area contributed by atoms with Gasteiger partial charge in [0, 0.05) is 0 Å².